The largest absolute Gasteiger partial charge is 0.308 e. The summed E-state index contributed by atoms with van der Waals surface area (Å²) in [6, 6.07) is 11.5. The number of carbonyl (C=O) groups is 1. The first-order valence-electron chi connectivity index (χ1n) is 10.3. The first-order valence-corrected chi connectivity index (χ1v) is 12.9. The fourth-order valence-corrected chi connectivity index (χ4v) is 5.95. The fraction of sp³-hybridized carbons (Fsp3) is 0.364. The molecule has 0 radical (unpaired) electrons. The van der Waals surface area contributed by atoms with E-state index in [1.807, 2.05) is 31.1 Å². The third-order valence-corrected chi connectivity index (χ3v) is 8.37. The van der Waals surface area contributed by atoms with E-state index in [4.69, 9.17) is 11.6 Å². The van der Waals surface area contributed by atoms with Crippen LogP contribution in [0.25, 0.3) is 10.2 Å². The number of hydrogen-bond donors (Lipinski definition) is 0. The van der Waals surface area contributed by atoms with Gasteiger partial charge in [0.25, 0.3) is 5.91 Å². The van der Waals surface area contributed by atoms with Crippen LogP contribution >= 0.6 is 22.9 Å². The first-order chi connectivity index (χ1) is 15.2. The highest BCUT2D eigenvalue weighted by Gasteiger charge is 2.24. The molecule has 172 valence electrons. The molecule has 1 aromatic heterocycles. The van der Waals surface area contributed by atoms with Crippen molar-refractivity contribution in [3.63, 3.8) is 0 Å². The highest BCUT2D eigenvalue weighted by molar-refractivity contribution is 7.89. The number of amides is 1. The Kier molecular flexibility index (Phi) is 7.89. The molecule has 0 aliphatic carbocycles. The number of carbonyl (C=O) groups excluding carboxylic acids is 1. The SMILES string of the molecule is CCN(CC)S(=O)(=O)c1ccc(C(=O)N(CCN(C)C)c2nc3ccc(Cl)cc3s2)cc1. The maximum atomic E-state index is 13.4. The lowest BCUT2D eigenvalue weighted by molar-refractivity contribution is 0.0985. The average molecular weight is 495 g/mol. The number of benzene rings is 2. The van der Waals surface area contributed by atoms with E-state index in [-0.39, 0.29) is 10.8 Å². The van der Waals surface area contributed by atoms with Gasteiger partial charge in [0.15, 0.2) is 5.13 Å². The Hall–Kier alpha value is -2.04. The summed E-state index contributed by atoms with van der Waals surface area (Å²) < 4.78 is 27.8. The van der Waals surface area contributed by atoms with Crippen LogP contribution in [0, 0.1) is 0 Å². The lowest BCUT2D eigenvalue weighted by atomic mass is 10.2. The van der Waals surface area contributed by atoms with Crippen LogP contribution < -0.4 is 4.90 Å². The quantitative estimate of drug-likeness (QED) is 0.446. The summed E-state index contributed by atoms with van der Waals surface area (Å²) >= 11 is 7.50. The van der Waals surface area contributed by atoms with E-state index in [0.717, 1.165) is 10.2 Å². The summed E-state index contributed by atoms with van der Waals surface area (Å²) in [5.74, 6) is -0.233. The molecule has 0 fully saturated rings. The molecule has 0 bridgehead atoms. The number of sulfonamides is 1. The summed E-state index contributed by atoms with van der Waals surface area (Å²) in [7, 11) is 0.296. The summed E-state index contributed by atoms with van der Waals surface area (Å²) in [5, 5.41) is 1.19. The molecule has 0 aliphatic rings. The zero-order valence-corrected chi connectivity index (χ0v) is 21.0. The molecule has 0 saturated carbocycles. The minimum atomic E-state index is -3.58. The van der Waals surface area contributed by atoms with Crippen LogP contribution in [-0.2, 0) is 10.0 Å². The Bertz CT molecular complexity index is 1190. The molecule has 0 spiro atoms. The van der Waals surface area contributed by atoms with E-state index < -0.39 is 10.0 Å². The van der Waals surface area contributed by atoms with Gasteiger partial charge in [-0.3, -0.25) is 9.69 Å². The summed E-state index contributed by atoms with van der Waals surface area (Å²) in [4.78, 5) is 21.8. The van der Waals surface area contributed by atoms with Crippen LogP contribution in [0.4, 0.5) is 5.13 Å². The Labute approximate surface area is 198 Å². The fourth-order valence-electron chi connectivity index (χ4n) is 3.22. The van der Waals surface area contributed by atoms with Crippen molar-refractivity contribution in [3.8, 4) is 0 Å². The highest BCUT2D eigenvalue weighted by Crippen LogP contribution is 2.31. The number of thiazole rings is 1. The molecule has 0 aliphatic heterocycles. The lowest BCUT2D eigenvalue weighted by Crippen LogP contribution is -2.36. The van der Waals surface area contributed by atoms with Crippen LogP contribution in [0.3, 0.4) is 0 Å². The molecule has 0 unspecified atom stereocenters. The van der Waals surface area contributed by atoms with Gasteiger partial charge in [-0.2, -0.15) is 4.31 Å². The molecular formula is C22H27ClN4O3S2. The molecule has 10 heteroatoms. The Morgan fingerprint density at radius 3 is 2.28 bits per heavy atom. The molecule has 7 nitrogen and oxygen atoms in total. The number of halogens is 1. The van der Waals surface area contributed by atoms with Crippen molar-refractivity contribution in [2.45, 2.75) is 18.7 Å². The number of rotatable bonds is 9. The molecule has 1 amide bonds. The third kappa shape index (κ3) is 5.29. The van der Waals surface area contributed by atoms with E-state index in [2.05, 4.69) is 4.98 Å². The Morgan fingerprint density at radius 2 is 1.69 bits per heavy atom. The maximum Gasteiger partial charge on any atom is 0.260 e. The average Bonchev–Trinajstić information content (AvgIpc) is 3.17. The van der Waals surface area contributed by atoms with Gasteiger partial charge in [-0.15, -0.1) is 0 Å². The zero-order valence-electron chi connectivity index (χ0n) is 18.6. The number of aromatic nitrogens is 1. The van der Waals surface area contributed by atoms with Crippen molar-refractivity contribution < 1.29 is 13.2 Å². The number of likely N-dealkylation sites (N-methyl/N-ethyl adjacent to an activating group) is 1. The van der Waals surface area contributed by atoms with Crippen LogP contribution in [0.15, 0.2) is 47.4 Å². The van der Waals surface area contributed by atoms with E-state index in [1.54, 1.807) is 36.9 Å². The monoisotopic (exact) mass is 494 g/mol. The van der Waals surface area contributed by atoms with Gasteiger partial charge in [0.1, 0.15) is 0 Å². The summed E-state index contributed by atoms with van der Waals surface area (Å²) in [6.45, 7) is 5.47. The Morgan fingerprint density at radius 1 is 1.03 bits per heavy atom. The normalized spacial score (nSPS) is 12.1. The first kappa shape index (κ1) is 24.6. The zero-order chi connectivity index (χ0) is 23.5. The Balaban J connectivity index is 1.94. The maximum absolute atomic E-state index is 13.4. The minimum Gasteiger partial charge on any atom is -0.308 e. The van der Waals surface area contributed by atoms with Gasteiger partial charge in [0.2, 0.25) is 10.0 Å². The van der Waals surface area contributed by atoms with Crippen LogP contribution in [0.1, 0.15) is 24.2 Å². The van der Waals surface area contributed by atoms with E-state index in [1.165, 1.54) is 27.8 Å². The van der Waals surface area contributed by atoms with Crippen molar-refractivity contribution >= 4 is 54.2 Å². The summed E-state index contributed by atoms with van der Waals surface area (Å²) in [6.07, 6.45) is 0. The number of anilines is 1. The minimum absolute atomic E-state index is 0.173. The third-order valence-electron chi connectivity index (χ3n) is 5.03. The smallest absolute Gasteiger partial charge is 0.260 e. The molecular weight excluding hydrogens is 468 g/mol. The molecule has 1 heterocycles. The molecule has 0 saturated heterocycles. The molecule has 3 rings (SSSR count). The molecule has 0 atom stereocenters. The second kappa shape index (κ2) is 10.3. The van der Waals surface area contributed by atoms with Crippen LogP contribution in [0.2, 0.25) is 5.02 Å². The van der Waals surface area contributed by atoms with E-state index in [0.29, 0.717) is 41.9 Å². The molecule has 2 aromatic carbocycles. The van der Waals surface area contributed by atoms with Gasteiger partial charge in [0, 0.05) is 36.8 Å². The van der Waals surface area contributed by atoms with Gasteiger partial charge < -0.3 is 4.90 Å². The van der Waals surface area contributed by atoms with Crippen LogP contribution in [0.5, 0.6) is 0 Å². The topological polar surface area (TPSA) is 73.8 Å². The predicted octanol–water partition coefficient (Wildman–Crippen LogP) is 4.19. The van der Waals surface area contributed by atoms with E-state index in [9.17, 15) is 13.2 Å². The van der Waals surface area contributed by atoms with Crippen molar-refractivity contribution in [1.29, 1.82) is 0 Å². The predicted molar refractivity (Wildman–Crippen MR) is 131 cm³/mol. The number of fused-ring (bicyclic) bond motifs is 1. The van der Waals surface area contributed by atoms with Gasteiger partial charge in [-0.05, 0) is 56.6 Å². The lowest BCUT2D eigenvalue weighted by Gasteiger charge is -2.22. The second-order valence-corrected chi connectivity index (χ2v) is 10.9. The van der Waals surface area contributed by atoms with Crippen molar-refractivity contribution in [1.82, 2.24) is 14.2 Å². The number of hydrogen-bond acceptors (Lipinski definition) is 6. The molecule has 0 N–H and O–H groups in total. The standard InChI is InChI=1S/C22H27ClN4O3S2/c1-5-26(6-2)32(29,30)18-10-7-16(8-11-18)21(28)27(14-13-25(3)4)22-24-19-12-9-17(23)15-20(19)31-22/h7-12,15H,5-6,13-14H2,1-4H3. The van der Waals surface area contributed by atoms with Crippen LogP contribution in [-0.4, -0.2) is 68.8 Å². The van der Waals surface area contributed by atoms with Gasteiger partial charge in [0.05, 0.1) is 15.1 Å². The highest BCUT2D eigenvalue weighted by atomic mass is 35.5. The van der Waals surface area contributed by atoms with Gasteiger partial charge >= 0.3 is 0 Å². The second-order valence-electron chi connectivity index (χ2n) is 7.48. The molecule has 32 heavy (non-hydrogen) atoms. The van der Waals surface area contributed by atoms with E-state index >= 15 is 0 Å². The number of nitrogens with zero attached hydrogens (tertiary/aromatic N) is 4. The van der Waals surface area contributed by atoms with Gasteiger partial charge in [-0.25, -0.2) is 13.4 Å². The van der Waals surface area contributed by atoms with Gasteiger partial charge in [-0.1, -0.05) is 36.8 Å². The molecule has 3 aromatic rings. The van der Waals surface area contributed by atoms with Crippen molar-refractivity contribution in [2.75, 3.05) is 45.2 Å². The summed E-state index contributed by atoms with van der Waals surface area (Å²) in [5.41, 5.74) is 1.18. The van der Waals surface area contributed by atoms with Crippen molar-refractivity contribution in [3.05, 3.63) is 53.1 Å². The van der Waals surface area contributed by atoms with Crippen molar-refractivity contribution in [2.24, 2.45) is 0 Å².